The molecule has 0 spiro atoms. The molecule has 1 unspecified atom stereocenters. The van der Waals surface area contributed by atoms with Crippen LogP contribution in [0.4, 0.5) is 13.2 Å². The Morgan fingerprint density at radius 2 is 1.86 bits per heavy atom. The van der Waals surface area contributed by atoms with Crippen molar-refractivity contribution in [1.82, 2.24) is 10.2 Å². The van der Waals surface area contributed by atoms with Crippen molar-refractivity contribution in [3.05, 3.63) is 35.4 Å². The largest absolute Gasteiger partial charge is 0.401 e. The van der Waals surface area contributed by atoms with Gasteiger partial charge in [-0.05, 0) is 38.8 Å². The highest BCUT2D eigenvalue weighted by Crippen LogP contribution is 2.31. The summed E-state index contributed by atoms with van der Waals surface area (Å²) in [4.78, 5) is 1.58. The van der Waals surface area contributed by atoms with Gasteiger partial charge in [0.15, 0.2) is 0 Å². The number of hydrogen-bond acceptors (Lipinski definition) is 2. The van der Waals surface area contributed by atoms with Crippen molar-refractivity contribution in [2.75, 3.05) is 20.1 Å². The zero-order valence-corrected chi connectivity index (χ0v) is 12.6. The number of alkyl halides is 3. The maximum Gasteiger partial charge on any atom is 0.401 e. The zero-order chi connectivity index (χ0) is 15.5. The fourth-order valence-electron chi connectivity index (χ4n) is 2.63. The second kappa shape index (κ2) is 6.79. The van der Waals surface area contributed by atoms with Gasteiger partial charge in [-0.2, -0.15) is 13.2 Å². The smallest absolute Gasteiger partial charge is 0.313 e. The molecule has 118 valence electrons. The molecule has 21 heavy (non-hydrogen) atoms. The Kier molecular flexibility index (Phi) is 5.27. The van der Waals surface area contributed by atoms with Crippen LogP contribution in [0.15, 0.2) is 24.3 Å². The lowest BCUT2D eigenvalue weighted by molar-refractivity contribution is -0.147. The Balaban J connectivity index is 1.93. The number of rotatable bonds is 7. The third-order valence-corrected chi connectivity index (χ3v) is 3.98. The van der Waals surface area contributed by atoms with Gasteiger partial charge in [0.05, 0.1) is 6.54 Å². The zero-order valence-electron chi connectivity index (χ0n) is 12.6. The highest BCUT2D eigenvalue weighted by atomic mass is 19.4. The first-order valence-electron chi connectivity index (χ1n) is 7.43. The Morgan fingerprint density at radius 1 is 1.24 bits per heavy atom. The molecule has 5 heteroatoms. The molecule has 2 nitrogen and oxygen atoms in total. The van der Waals surface area contributed by atoms with Crippen LogP contribution < -0.4 is 5.32 Å². The molecule has 1 atom stereocenters. The molecule has 0 aliphatic heterocycles. The van der Waals surface area contributed by atoms with Crippen LogP contribution in [0.3, 0.4) is 0 Å². The van der Waals surface area contributed by atoms with Crippen molar-refractivity contribution in [2.24, 2.45) is 0 Å². The second-order valence-corrected chi connectivity index (χ2v) is 5.86. The van der Waals surface area contributed by atoms with Gasteiger partial charge in [-0.1, -0.05) is 29.8 Å². The first kappa shape index (κ1) is 16.3. The van der Waals surface area contributed by atoms with Crippen LogP contribution in [0.25, 0.3) is 0 Å². The summed E-state index contributed by atoms with van der Waals surface area (Å²) in [5, 5.41) is 3.21. The molecule has 0 bridgehead atoms. The Hall–Kier alpha value is -1.07. The third-order valence-electron chi connectivity index (χ3n) is 3.98. The number of halogens is 3. The van der Waals surface area contributed by atoms with Gasteiger partial charge >= 0.3 is 6.18 Å². The normalized spacial score (nSPS) is 17.2. The van der Waals surface area contributed by atoms with Crippen LogP contribution in [-0.2, 0) is 0 Å². The molecule has 0 radical (unpaired) electrons. The maximum atomic E-state index is 12.6. The number of nitrogens with zero attached hydrogens (tertiary/aromatic N) is 1. The molecule has 0 heterocycles. The average Bonchev–Trinajstić information content (AvgIpc) is 3.23. The lowest BCUT2D eigenvalue weighted by atomic mass is 10.0. The van der Waals surface area contributed by atoms with E-state index in [1.165, 1.54) is 5.56 Å². The van der Waals surface area contributed by atoms with Crippen molar-refractivity contribution in [3.63, 3.8) is 0 Å². The van der Waals surface area contributed by atoms with E-state index in [2.05, 4.69) is 5.32 Å². The average molecular weight is 300 g/mol. The maximum absolute atomic E-state index is 12.6. The SMILES string of the molecule is CNC(CCN(CC(F)(F)F)C1CC1)c1ccc(C)cc1. The van der Waals surface area contributed by atoms with E-state index in [1.807, 2.05) is 38.2 Å². The van der Waals surface area contributed by atoms with Crippen molar-refractivity contribution in [2.45, 2.75) is 44.4 Å². The van der Waals surface area contributed by atoms with E-state index in [1.54, 1.807) is 4.90 Å². The van der Waals surface area contributed by atoms with Gasteiger partial charge in [-0.3, -0.25) is 4.90 Å². The van der Waals surface area contributed by atoms with E-state index in [0.29, 0.717) is 13.0 Å². The van der Waals surface area contributed by atoms with E-state index in [4.69, 9.17) is 0 Å². The number of aryl methyl sites for hydroxylation is 1. The van der Waals surface area contributed by atoms with Crippen LogP contribution in [-0.4, -0.2) is 37.3 Å². The predicted octanol–water partition coefficient (Wildman–Crippen LogP) is 3.67. The topological polar surface area (TPSA) is 15.3 Å². The minimum absolute atomic E-state index is 0.0973. The van der Waals surface area contributed by atoms with Crippen LogP contribution >= 0.6 is 0 Å². The Morgan fingerprint density at radius 3 is 2.33 bits per heavy atom. The molecule has 1 aliphatic rings. The second-order valence-electron chi connectivity index (χ2n) is 5.86. The molecule has 1 N–H and O–H groups in total. The summed E-state index contributed by atoms with van der Waals surface area (Å²) in [5.41, 5.74) is 2.32. The summed E-state index contributed by atoms with van der Waals surface area (Å²) < 4.78 is 37.8. The minimum atomic E-state index is -4.11. The van der Waals surface area contributed by atoms with Gasteiger partial charge in [0, 0.05) is 18.6 Å². The molecule has 1 saturated carbocycles. The van der Waals surface area contributed by atoms with Crippen LogP contribution in [0.2, 0.25) is 0 Å². The fourth-order valence-corrected chi connectivity index (χ4v) is 2.63. The van der Waals surface area contributed by atoms with Crippen LogP contribution in [0.5, 0.6) is 0 Å². The van der Waals surface area contributed by atoms with E-state index < -0.39 is 12.7 Å². The van der Waals surface area contributed by atoms with Crippen molar-refractivity contribution < 1.29 is 13.2 Å². The lowest BCUT2D eigenvalue weighted by Gasteiger charge is -2.26. The summed E-state index contributed by atoms with van der Waals surface area (Å²) in [6, 6.07) is 8.38. The molecule has 1 aromatic carbocycles. The highest BCUT2D eigenvalue weighted by molar-refractivity contribution is 5.24. The van der Waals surface area contributed by atoms with E-state index in [0.717, 1.165) is 18.4 Å². The van der Waals surface area contributed by atoms with Gasteiger partial charge in [0.2, 0.25) is 0 Å². The van der Waals surface area contributed by atoms with E-state index in [9.17, 15) is 13.2 Å². The summed E-state index contributed by atoms with van der Waals surface area (Å²) in [7, 11) is 1.86. The molecule has 1 aliphatic carbocycles. The first-order chi connectivity index (χ1) is 9.89. The summed E-state index contributed by atoms with van der Waals surface area (Å²) in [6.07, 6.45) is -1.64. The summed E-state index contributed by atoms with van der Waals surface area (Å²) >= 11 is 0. The third kappa shape index (κ3) is 5.32. The number of nitrogens with one attached hydrogen (secondary N) is 1. The van der Waals surface area contributed by atoms with Crippen LogP contribution in [0, 0.1) is 6.92 Å². The van der Waals surface area contributed by atoms with Crippen molar-refractivity contribution in [3.8, 4) is 0 Å². The Labute approximate surface area is 124 Å². The monoisotopic (exact) mass is 300 g/mol. The molecular weight excluding hydrogens is 277 g/mol. The molecule has 2 rings (SSSR count). The van der Waals surface area contributed by atoms with E-state index in [-0.39, 0.29) is 12.1 Å². The quantitative estimate of drug-likeness (QED) is 0.826. The lowest BCUT2D eigenvalue weighted by Crippen LogP contribution is -2.37. The van der Waals surface area contributed by atoms with Gasteiger partial charge in [-0.15, -0.1) is 0 Å². The summed E-state index contributed by atoms with van der Waals surface area (Å²) in [6.45, 7) is 1.71. The molecule has 0 saturated heterocycles. The van der Waals surface area contributed by atoms with Crippen LogP contribution in [0.1, 0.15) is 36.4 Å². The van der Waals surface area contributed by atoms with Gasteiger partial charge < -0.3 is 5.32 Å². The number of hydrogen-bond donors (Lipinski definition) is 1. The molecule has 1 fully saturated rings. The molecule has 0 aromatic heterocycles. The molecule has 0 amide bonds. The highest BCUT2D eigenvalue weighted by Gasteiger charge is 2.37. The Bertz CT molecular complexity index is 438. The summed E-state index contributed by atoms with van der Waals surface area (Å²) in [5.74, 6) is 0. The van der Waals surface area contributed by atoms with Gasteiger partial charge in [0.1, 0.15) is 0 Å². The fraction of sp³-hybridized carbons (Fsp3) is 0.625. The van der Waals surface area contributed by atoms with Gasteiger partial charge in [0.25, 0.3) is 0 Å². The molecular formula is C16H23F3N2. The first-order valence-corrected chi connectivity index (χ1v) is 7.43. The predicted molar refractivity (Wildman–Crippen MR) is 78.2 cm³/mol. The van der Waals surface area contributed by atoms with E-state index >= 15 is 0 Å². The standard InChI is InChI=1S/C16H23F3N2/c1-12-3-5-13(6-4-12)15(20-2)9-10-21(14-7-8-14)11-16(17,18)19/h3-6,14-15,20H,7-11H2,1-2H3. The minimum Gasteiger partial charge on any atom is -0.313 e. The van der Waals surface area contributed by atoms with Crippen molar-refractivity contribution in [1.29, 1.82) is 0 Å². The van der Waals surface area contributed by atoms with Gasteiger partial charge in [-0.25, -0.2) is 0 Å². The van der Waals surface area contributed by atoms with Crippen molar-refractivity contribution >= 4 is 0 Å². The molecule has 1 aromatic rings. The number of benzene rings is 1.